The summed E-state index contributed by atoms with van der Waals surface area (Å²) in [7, 11) is 1.43. The van der Waals surface area contributed by atoms with Crippen LogP contribution in [0.1, 0.15) is 17.3 Å². The van der Waals surface area contributed by atoms with E-state index in [9.17, 15) is 9.59 Å². The van der Waals surface area contributed by atoms with Gasteiger partial charge in [-0.25, -0.2) is 14.3 Å². The standard InChI is InChI=1S/C14H12Cl2N6O3/c1-3-21-10(6-7-17-21)25-13(23)8-4-5-9(15)12(11(8)16)22-14(24)20(2)18-19-22/h4-7H,3H2,1-2H3. The molecule has 0 saturated carbocycles. The van der Waals surface area contributed by atoms with Crippen LogP contribution in [0.4, 0.5) is 0 Å². The normalized spacial score (nSPS) is 10.9. The van der Waals surface area contributed by atoms with Crippen LogP contribution in [0.15, 0.2) is 29.2 Å². The van der Waals surface area contributed by atoms with Crippen LogP contribution in [0.5, 0.6) is 5.88 Å². The molecule has 0 aliphatic carbocycles. The maximum absolute atomic E-state index is 12.5. The maximum Gasteiger partial charge on any atom is 0.368 e. The van der Waals surface area contributed by atoms with Crippen LogP contribution in [-0.2, 0) is 13.6 Å². The van der Waals surface area contributed by atoms with Gasteiger partial charge in [0.15, 0.2) is 0 Å². The lowest BCUT2D eigenvalue weighted by Crippen LogP contribution is -2.23. The summed E-state index contributed by atoms with van der Waals surface area (Å²) in [6, 6.07) is 4.39. The first-order valence-electron chi connectivity index (χ1n) is 7.15. The lowest BCUT2D eigenvalue weighted by atomic mass is 10.2. The number of ether oxygens (including phenoxy) is 1. The van der Waals surface area contributed by atoms with E-state index in [2.05, 4.69) is 15.5 Å². The second-order valence-electron chi connectivity index (χ2n) is 4.93. The number of rotatable bonds is 4. The second-order valence-corrected chi connectivity index (χ2v) is 5.71. The highest BCUT2D eigenvalue weighted by molar-refractivity contribution is 6.39. The largest absolute Gasteiger partial charge is 0.404 e. The Morgan fingerprint density at radius 1 is 1.24 bits per heavy atom. The van der Waals surface area contributed by atoms with E-state index in [1.54, 1.807) is 6.07 Å². The van der Waals surface area contributed by atoms with Gasteiger partial charge in [0.25, 0.3) is 0 Å². The average molecular weight is 383 g/mol. The molecule has 0 bridgehead atoms. The topological polar surface area (TPSA) is 96.8 Å². The minimum absolute atomic E-state index is 0.0301. The zero-order valence-corrected chi connectivity index (χ0v) is 14.7. The molecule has 0 fully saturated rings. The predicted octanol–water partition coefficient (Wildman–Crippen LogP) is 1.71. The third-order valence-electron chi connectivity index (χ3n) is 3.39. The molecule has 130 valence electrons. The van der Waals surface area contributed by atoms with Crippen LogP contribution in [0.3, 0.4) is 0 Å². The molecule has 0 unspecified atom stereocenters. The monoisotopic (exact) mass is 382 g/mol. The second kappa shape index (κ2) is 6.69. The van der Waals surface area contributed by atoms with Crippen LogP contribution in [0.25, 0.3) is 5.69 Å². The molecule has 0 N–H and O–H groups in total. The molecule has 9 nitrogen and oxygen atoms in total. The summed E-state index contributed by atoms with van der Waals surface area (Å²) in [4.78, 5) is 24.5. The Bertz CT molecular complexity index is 1010. The van der Waals surface area contributed by atoms with Crippen molar-refractivity contribution in [1.29, 1.82) is 0 Å². The van der Waals surface area contributed by atoms with E-state index in [1.165, 1.54) is 30.1 Å². The lowest BCUT2D eigenvalue weighted by Gasteiger charge is -2.10. The van der Waals surface area contributed by atoms with Gasteiger partial charge in [-0.05, 0) is 29.5 Å². The average Bonchev–Trinajstić information content (AvgIpc) is 3.16. The van der Waals surface area contributed by atoms with Gasteiger partial charge in [-0.2, -0.15) is 14.5 Å². The molecule has 0 aliphatic rings. The Morgan fingerprint density at radius 2 is 2.00 bits per heavy atom. The van der Waals surface area contributed by atoms with Crippen molar-refractivity contribution < 1.29 is 9.53 Å². The lowest BCUT2D eigenvalue weighted by molar-refractivity contribution is 0.0718. The van der Waals surface area contributed by atoms with Gasteiger partial charge in [0.1, 0.15) is 5.69 Å². The first kappa shape index (κ1) is 17.2. The van der Waals surface area contributed by atoms with E-state index in [0.717, 1.165) is 9.36 Å². The minimum atomic E-state index is -0.713. The highest BCUT2D eigenvalue weighted by Crippen LogP contribution is 2.31. The summed E-state index contributed by atoms with van der Waals surface area (Å²) in [5.74, 6) is -0.438. The van der Waals surface area contributed by atoms with Gasteiger partial charge >= 0.3 is 11.7 Å². The number of aryl methyl sites for hydroxylation is 2. The van der Waals surface area contributed by atoms with E-state index in [0.29, 0.717) is 6.54 Å². The van der Waals surface area contributed by atoms with Crippen molar-refractivity contribution in [1.82, 2.24) is 29.6 Å². The number of esters is 1. The summed E-state index contributed by atoms with van der Waals surface area (Å²) < 4.78 is 8.75. The summed E-state index contributed by atoms with van der Waals surface area (Å²) >= 11 is 12.4. The Kier molecular flexibility index (Phi) is 4.60. The molecular formula is C14H12Cl2N6O3. The molecule has 0 radical (unpaired) electrons. The quantitative estimate of drug-likeness (QED) is 0.637. The third kappa shape index (κ3) is 3.03. The first-order chi connectivity index (χ1) is 11.9. The number of aromatic nitrogens is 6. The van der Waals surface area contributed by atoms with Gasteiger partial charge in [-0.1, -0.05) is 23.2 Å². The maximum atomic E-state index is 12.5. The van der Waals surface area contributed by atoms with E-state index in [4.69, 9.17) is 27.9 Å². The fraction of sp³-hybridized carbons (Fsp3) is 0.214. The number of carbonyl (C=O) groups excluding carboxylic acids is 1. The number of nitrogens with zero attached hydrogens (tertiary/aromatic N) is 6. The number of hydrogen-bond donors (Lipinski definition) is 0. The van der Waals surface area contributed by atoms with Crippen molar-refractivity contribution in [2.75, 3.05) is 0 Å². The highest BCUT2D eigenvalue weighted by Gasteiger charge is 2.22. The first-order valence-corrected chi connectivity index (χ1v) is 7.91. The Morgan fingerprint density at radius 3 is 2.64 bits per heavy atom. The molecule has 1 aromatic carbocycles. The molecule has 25 heavy (non-hydrogen) atoms. The predicted molar refractivity (Wildman–Crippen MR) is 89.5 cm³/mol. The van der Waals surface area contributed by atoms with Crippen molar-refractivity contribution in [3.63, 3.8) is 0 Å². The molecule has 0 atom stereocenters. The van der Waals surface area contributed by atoms with E-state index in [-0.39, 0.29) is 27.2 Å². The van der Waals surface area contributed by atoms with E-state index >= 15 is 0 Å². The van der Waals surface area contributed by atoms with Crippen LogP contribution >= 0.6 is 23.2 Å². The molecule has 3 aromatic rings. The highest BCUT2D eigenvalue weighted by atomic mass is 35.5. The van der Waals surface area contributed by atoms with Gasteiger partial charge in [-0.3, -0.25) is 0 Å². The van der Waals surface area contributed by atoms with Gasteiger partial charge in [0.2, 0.25) is 5.88 Å². The van der Waals surface area contributed by atoms with E-state index < -0.39 is 11.7 Å². The van der Waals surface area contributed by atoms with Crippen molar-refractivity contribution >= 4 is 29.2 Å². The molecule has 0 spiro atoms. The summed E-state index contributed by atoms with van der Waals surface area (Å²) in [6.45, 7) is 2.39. The van der Waals surface area contributed by atoms with Crippen molar-refractivity contribution in [2.24, 2.45) is 7.05 Å². The van der Waals surface area contributed by atoms with Crippen LogP contribution in [0, 0.1) is 0 Å². The molecule has 11 heteroatoms. The van der Waals surface area contributed by atoms with Crippen LogP contribution in [0.2, 0.25) is 10.0 Å². The fourth-order valence-electron chi connectivity index (χ4n) is 2.14. The number of carbonyl (C=O) groups is 1. The summed E-state index contributed by atoms with van der Waals surface area (Å²) in [5.41, 5.74) is -0.472. The molecule has 2 heterocycles. The molecule has 3 rings (SSSR count). The fourth-order valence-corrected chi connectivity index (χ4v) is 2.75. The van der Waals surface area contributed by atoms with Gasteiger partial charge in [0.05, 0.1) is 21.8 Å². The third-order valence-corrected chi connectivity index (χ3v) is 4.08. The number of benzene rings is 1. The number of hydrogen-bond acceptors (Lipinski definition) is 6. The van der Waals surface area contributed by atoms with Crippen LogP contribution in [-0.4, -0.2) is 35.5 Å². The molecular weight excluding hydrogens is 371 g/mol. The number of halogens is 2. The van der Waals surface area contributed by atoms with Gasteiger partial charge < -0.3 is 4.74 Å². The molecule has 0 saturated heterocycles. The van der Waals surface area contributed by atoms with Crippen molar-refractivity contribution in [2.45, 2.75) is 13.5 Å². The van der Waals surface area contributed by atoms with Crippen molar-refractivity contribution in [3.05, 3.63) is 50.5 Å². The van der Waals surface area contributed by atoms with Crippen molar-refractivity contribution in [3.8, 4) is 11.6 Å². The number of tetrazole rings is 1. The van der Waals surface area contributed by atoms with E-state index in [1.807, 2.05) is 6.92 Å². The van der Waals surface area contributed by atoms with Crippen LogP contribution < -0.4 is 10.4 Å². The van der Waals surface area contributed by atoms with Gasteiger partial charge in [-0.15, -0.1) is 0 Å². The molecule has 2 aromatic heterocycles. The smallest absolute Gasteiger partial charge is 0.368 e. The minimum Gasteiger partial charge on any atom is -0.404 e. The summed E-state index contributed by atoms with van der Waals surface area (Å²) in [6.07, 6.45) is 1.51. The zero-order chi connectivity index (χ0) is 18.1. The zero-order valence-electron chi connectivity index (χ0n) is 13.2. The summed E-state index contributed by atoms with van der Waals surface area (Å²) in [5, 5.41) is 11.4. The Hall–Kier alpha value is -2.65. The molecule has 0 aliphatic heterocycles. The molecule has 0 amide bonds. The Balaban J connectivity index is 2.04. The van der Waals surface area contributed by atoms with Gasteiger partial charge in [0, 0.05) is 19.7 Å². The Labute approximate surface area is 151 Å². The SMILES string of the molecule is CCn1nccc1OC(=O)c1ccc(Cl)c(-n2nnn(C)c2=O)c1Cl.